The zero-order valence-electron chi connectivity index (χ0n) is 31.8. The minimum absolute atomic E-state index is 0.0716. The SMILES string of the molecule is Cc1cc(CC(=O)N2CC[C@@H](C)[C@@H](c3ncc4cnc5[nH]ccc5n34)C2)on1.Cc1cc(CC(=O)N2CC[C@H](C)[C@H](c3ncc4cnc5[nH]ccc5n34)C2)on1. The van der Waals surface area contributed by atoms with E-state index in [1.54, 1.807) is 0 Å². The van der Waals surface area contributed by atoms with Gasteiger partial charge in [-0.05, 0) is 50.7 Å². The first kappa shape index (κ1) is 35.4. The monoisotopic (exact) mass is 756 g/mol. The van der Waals surface area contributed by atoms with Crippen LogP contribution in [-0.2, 0) is 22.4 Å². The highest BCUT2D eigenvalue weighted by atomic mass is 16.5. The Balaban J connectivity index is 0.000000146. The summed E-state index contributed by atoms with van der Waals surface area (Å²) in [6.45, 7) is 11.0. The van der Waals surface area contributed by atoms with Gasteiger partial charge in [-0.15, -0.1) is 0 Å². The molecule has 288 valence electrons. The van der Waals surface area contributed by atoms with Gasteiger partial charge in [-0.2, -0.15) is 0 Å². The quantitative estimate of drug-likeness (QED) is 0.223. The molecule has 2 fully saturated rings. The molecule has 2 saturated heterocycles. The van der Waals surface area contributed by atoms with E-state index < -0.39 is 0 Å². The molecule has 0 saturated carbocycles. The smallest absolute Gasteiger partial charge is 0.230 e. The summed E-state index contributed by atoms with van der Waals surface area (Å²) >= 11 is 0. The highest BCUT2D eigenvalue weighted by Crippen LogP contribution is 2.35. The van der Waals surface area contributed by atoms with Crippen LogP contribution in [0.2, 0.25) is 0 Å². The maximum atomic E-state index is 12.8. The third-order valence-corrected chi connectivity index (χ3v) is 11.5. The summed E-state index contributed by atoms with van der Waals surface area (Å²) in [6, 6.07) is 7.67. The summed E-state index contributed by atoms with van der Waals surface area (Å²) in [4.78, 5) is 54.2. The van der Waals surface area contributed by atoms with E-state index in [1.165, 1.54) is 0 Å². The minimum Gasteiger partial charge on any atom is -0.361 e. The number of carbonyl (C=O) groups excluding carboxylic acids is 2. The zero-order valence-corrected chi connectivity index (χ0v) is 31.8. The van der Waals surface area contributed by atoms with Gasteiger partial charge in [-0.25, -0.2) is 19.9 Å². The highest BCUT2D eigenvalue weighted by Gasteiger charge is 2.35. The molecule has 2 amide bonds. The summed E-state index contributed by atoms with van der Waals surface area (Å²) in [5.41, 5.74) is 7.22. The molecule has 10 heterocycles. The Labute approximate surface area is 321 Å². The van der Waals surface area contributed by atoms with Gasteiger partial charge < -0.3 is 28.8 Å². The van der Waals surface area contributed by atoms with E-state index in [0.717, 1.165) is 82.3 Å². The molecule has 8 aromatic heterocycles. The molecule has 10 rings (SSSR count). The fourth-order valence-corrected chi connectivity index (χ4v) is 8.31. The van der Waals surface area contributed by atoms with Crippen molar-refractivity contribution >= 4 is 45.2 Å². The van der Waals surface area contributed by atoms with Crippen LogP contribution in [0, 0.1) is 25.7 Å². The Kier molecular flexibility index (Phi) is 9.10. The van der Waals surface area contributed by atoms with Gasteiger partial charge in [0, 0.05) is 62.5 Å². The third-order valence-electron chi connectivity index (χ3n) is 11.5. The van der Waals surface area contributed by atoms with Gasteiger partial charge in [-0.3, -0.25) is 18.4 Å². The van der Waals surface area contributed by atoms with Crippen molar-refractivity contribution in [2.45, 2.75) is 65.2 Å². The van der Waals surface area contributed by atoms with Crippen LogP contribution in [-0.4, -0.2) is 96.8 Å². The van der Waals surface area contributed by atoms with Crippen molar-refractivity contribution in [1.29, 1.82) is 0 Å². The normalized spacial score (nSPS) is 20.3. The lowest BCUT2D eigenvalue weighted by Gasteiger charge is -2.36. The molecule has 16 heteroatoms. The van der Waals surface area contributed by atoms with Gasteiger partial charge >= 0.3 is 0 Å². The second-order valence-electron chi connectivity index (χ2n) is 15.3. The number of hydrogen-bond acceptors (Lipinski definition) is 10. The highest BCUT2D eigenvalue weighted by molar-refractivity contribution is 5.79. The van der Waals surface area contributed by atoms with E-state index in [-0.39, 0.29) is 36.5 Å². The van der Waals surface area contributed by atoms with Crippen molar-refractivity contribution in [2.75, 3.05) is 26.2 Å². The first-order chi connectivity index (χ1) is 27.2. The number of imidazole rings is 2. The number of aromatic nitrogens is 10. The van der Waals surface area contributed by atoms with Crippen molar-refractivity contribution < 1.29 is 18.6 Å². The Hall–Kier alpha value is -6.32. The molecule has 0 unspecified atom stereocenters. The second kappa shape index (κ2) is 14.4. The first-order valence-electron chi connectivity index (χ1n) is 19.2. The number of rotatable bonds is 6. The molecule has 2 aliphatic rings. The number of aromatic amines is 2. The number of amides is 2. The van der Waals surface area contributed by atoms with Crippen molar-refractivity contribution in [1.82, 2.24) is 58.8 Å². The predicted molar refractivity (Wildman–Crippen MR) is 206 cm³/mol. The molecule has 2 N–H and O–H groups in total. The molecular formula is C40H44N12O4. The predicted octanol–water partition coefficient (Wildman–Crippen LogP) is 5.40. The summed E-state index contributed by atoms with van der Waals surface area (Å²) in [7, 11) is 0. The molecule has 0 aromatic carbocycles. The molecule has 0 spiro atoms. The van der Waals surface area contributed by atoms with Crippen LogP contribution in [0.25, 0.3) is 33.4 Å². The summed E-state index contributed by atoms with van der Waals surface area (Å²) < 4.78 is 14.8. The van der Waals surface area contributed by atoms with E-state index in [1.807, 2.05) is 85.1 Å². The largest absolute Gasteiger partial charge is 0.361 e. The summed E-state index contributed by atoms with van der Waals surface area (Å²) in [6.07, 6.45) is 13.5. The maximum Gasteiger partial charge on any atom is 0.230 e. The van der Waals surface area contributed by atoms with Gasteiger partial charge in [0.15, 0.2) is 11.3 Å². The number of aryl methyl sites for hydroxylation is 2. The number of likely N-dealkylation sites (tertiary alicyclic amines) is 2. The Morgan fingerprint density at radius 2 is 1.11 bits per heavy atom. The van der Waals surface area contributed by atoms with Crippen molar-refractivity contribution in [2.24, 2.45) is 11.8 Å². The summed E-state index contributed by atoms with van der Waals surface area (Å²) in [5, 5.41) is 7.75. The number of H-pyrrole nitrogens is 2. The van der Waals surface area contributed by atoms with Gasteiger partial charge in [0.05, 0.1) is 71.1 Å². The first-order valence-corrected chi connectivity index (χ1v) is 19.2. The minimum atomic E-state index is 0.0716. The number of carbonyl (C=O) groups is 2. The number of piperidine rings is 2. The lowest BCUT2D eigenvalue weighted by molar-refractivity contribution is -0.133. The van der Waals surface area contributed by atoms with E-state index in [0.29, 0.717) is 36.4 Å². The van der Waals surface area contributed by atoms with Gasteiger partial charge in [0.1, 0.15) is 23.2 Å². The van der Waals surface area contributed by atoms with Crippen LogP contribution in [0.1, 0.15) is 73.1 Å². The lowest BCUT2D eigenvalue weighted by atomic mass is 9.86. The fraction of sp³-hybridized carbons (Fsp3) is 0.400. The van der Waals surface area contributed by atoms with Crippen LogP contribution in [0.3, 0.4) is 0 Å². The van der Waals surface area contributed by atoms with E-state index in [9.17, 15) is 9.59 Å². The average molecular weight is 757 g/mol. The van der Waals surface area contributed by atoms with E-state index in [2.05, 4.69) is 52.9 Å². The van der Waals surface area contributed by atoms with Crippen LogP contribution >= 0.6 is 0 Å². The van der Waals surface area contributed by atoms with Gasteiger partial charge in [-0.1, -0.05) is 24.2 Å². The Morgan fingerprint density at radius 1 is 0.679 bits per heavy atom. The molecule has 16 nitrogen and oxygen atoms in total. The van der Waals surface area contributed by atoms with Crippen molar-refractivity contribution in [3.63, 3.8) is 0 Å². The molecular weight excluding hydrogens is 713 g/mol. The molecule has 4 atom stereocenters. The van der Waals surface area contributed by atoms with E-state index >= 15 is 0 Å². The van der Waals surface area contributed by atoms with Crippen LogP contribution < -0.4 is 0 Å². The molecule has 56 heavy (non-hydrogen) atoms. The molecule has 0 bridgehead atoms. The second-order valence-corrected chi connectivity index (χ2v) is 15.3. The number of nitrogens with one attached hydrogen (secondary N) is 2. The topological polar surface area (TPSA) is 185 Å². The lowest BCUT2D eigenvalue weighted by Crippen LogP contribution is -2.43. The van der Waals surface area contributed by atoms with Gasteiger partial charge in [0.2, 0.25) is 11.8 Å². The van der Waals surface area contributed by atoms with Crippen molar-refractivity contribution in [3.05, 3.63) is 96.0 Å². The third kappa shape index (κ3) is 6.58. The Bertz CT molecular complexity index is 2490. The number of fused-ring (bicyclic) bond motifs is 6. The molecule has 8 aromatic rings. The maximum absolute atomic E-state index is 12.8. The van der Waals surface area contributed by atoms with Gasteiger partial charge in [0.25, 0.3) is 0 Å². The summed E-state index contributed by atoms with van der Waals surface area (Å²) in [5.74, 6) is 4.55. The zero-order chi connectivity index (χ0) is 38.5. The Morgan fingerprint density at radius 3 is 1.52 bits per heavy atom. The number of nitrogens with zero attached hydrogens (tertiary/aromatic N) is 10. The van der Waals surface area contributed by atoms with Crippen LogP contribution in [0.4, 0.5) is 0 Å². The average Bonchev–Trinajstić information content (AvgIpc) is 4.05. The van der Waals surface area contributed by atoms with Crippen LogP contribution in [0.15, 0.2) is 70.5 Å². The fourth-order valence-electron chi connectivity index (χ4n) is 8.31. The van der Waals surface area contributed by atoms with Crippen LogP contribution in [0.5, 0.6) is 0 Å². The molecule has 0 aliphatic carbocycles. The number of hydrogen-bond donors (Lipinski definition) is 2. The standard InChI is InChI=1S/2C20H22N6O2/c2*1-12-4-6-25(18(27)8-15-7-13(2)24-28-15)11-16(12)20-23-10-14-9-22-19-17(26(14)20)3-5-21-19/h2*3,5,7,9-10,12,16,21H,4,6,8,11H2,1-2H3/t2*12-,16+/m10/s1. The molecule has 0 radical (unpaired) electrons. The van der Waals surface area contributed by atoms with Crippen molar-refractivity contribution in [3.8, 4) is 0 Å². The van der Waals surface area contributed by atoms with E-state index in [4.69, 9.17) is 19.0 Å². The molecule has 2 aliphatic heterocycles.